The third kappa shape index (κ3) is 2.56. The first kappa shape index (κ1) is 16.3. The zero-order valence-corrected chi connectivity index (χ0v) is 12.5. The van der Waals surface area contributed by atoms with Crippen LogP contribution in [0.1, 0.15) is 52.9 Å². The molecule has 0 aromatic heterocycles. The van der Waals surface area contributed by atoms with Crippen molar-refractivity contribution >= 4 is 11.6 Å². The van der Waals surface area contributed by atoms with Gasteiger partial charge in [0.25, 0.3) is 11.6 Å². The number of carbonyl (C=O) groups is 1. The van der Waals surface area contributed by atoms with Crippen LogP contribution in [0.15, 0.2) is 5.10 Å². The number of rotatable bonds is 0. The van der Waals surface area contributed by atoms with E-state index < -0.39 is 29.1 Å². The van der Waals surface area contributed by atoms with Gasteiger partial charge in [-0.15, -0.1) is 0 Å². The number of hydrogen-bond acceptors (Lipinski definition) is 3. The second-order valence-electron chi connectivity index (χ2n) is 6.83. The number of carbonyl (C=O) groups excluding carboxylic acids is 1. The summed E-state index contributed by atoms with van der Waals surface area (Å²) in [5.74, 6) is -1.96. The summed E-state index contributed by atoms with van der Waals surface area (Å²) in [6.45, 7) is 4.54. The maximum Gasteiger partial charge on any atom is 0.439 e. The van der Waals surface area contributed by atoms with Crippen molar-refractivity contribution < 1.29 is 23.1 Å². The van der Waals surface area contributed by atoms with Crippen LogP contribution < -0.4 is 0 Å². The fourth-order valence-electron chi connectivity index (χ4n) is 2.91. The first-order chi connectivity index (χ1) is 9.49. The van der Waals surface area contributed by atoms with Crippen molar-refractivity contribution in [2.75, 3.05) is 0 Å². The van der Waals surface area contributed by atoms with E-state index >= 15 is 0 Å². The van der Waals surface area contributed by atoms with Crippen LogP contribution in [0.25, 0.3) is 0 Å². The molecule has 0 aromatic carbocycles. The Morgan fingerprint density at radius 2 is 1.90 bits per heavy atom. The van der Waals surface area contributed by atoms with Crippen molar-refractivity contribution in [3.05, 3.63) is 0 Å². The lowest BCUT2D eigenvalue weighted by Gasteiger charge is -2.39. The van der Waals surface area contributed by atoms with Gasteiger partial charge in [-0.1, -0.05) is 33.6 Å². The summed E-state index contributed by atoms with van der Waals surface area (Å²) in [6.07, 6.45) is -2.19. The third-order valence-corrected chi connectivity index (χ3v) is 4.12. The second-order valence-corrected chi connectivity index (χ2v) is 6.83. The minimum absolute atomic E-state index is 0.197. The van der Waals surface area contributed by atoms with Gasteiger partial charge in [0.05, 0.1) is 5.92 Å². The van der Waals surface area contributed by atoms with Gasteiger partial charge in [-0.2, -0.15) is 23.3 Å². The highest BCUT2D eigenvalue weighted by atomic mass is 19.4. The zero-order chi connectivity index (χ0) is 16.1. The standard InChI is InChI=1S/C14H21F3N2O2/c1-12(2,3)11(20)19-13(21,14(15,16)17)9-7-5-4-6-8-10(9)18-19/h9,21H,4-8H2,1-3H3/t9-,13+/m0/s1. The van der Waals surface area contributed by atoms with E-state index in [1.807, 2.05) is 0 Å². The van der Waals surface area contributed by atoms with Crippen LogP contribution in [0.3, 0.4) is 0 Å². The lowest BCUT2D eigenvalue weighted by Crippen LogP contribution is -2.62. The smallest absolute Gasteiger partial charge is 0.362 e. The van der Waals surface area contributed by atoms with E-state index in [0.717, 1.165) is 12.8 Å². The normalized spacial score (nSPS) is 30.7. The van der Waals surface area contributed by atoms with E-state index in [4.69, 9.17) is 0 Å². The molecule has 0 aromatic rings. The van der Waals surface area contributed by atoms with Crippen LogP contribution >= 0.6 is 0 Å². The SMILES string of the molecule is CC(C)(C)C(=O)N1N=C2CCCCC[C@@H]2[C@@]1(O)C(F)(F)F. The molecule has 1 aliphatic heterocycles. The molecule has 1 fully saturated rings. The second kappa shape index (κ2) is 4.97. The van der Waals surface area contributed by atoms with Crippen LogP contribution in [0.4, 0.5) is 13.2 Å². The van der Waals surface area contributed by atoms with Gasteiger partial charge in [0.1, 0.15) is 0 Å². The molecule has 0 saturated heterocycles. The molecule has 1 saturated carbocycles. The number of aliphatic hydroxyl groups is 1. The Labute approximate surface area is 122 Å². The molecular formula is C14H21F3N2O2. The lowest BCUT2D eigenvalue weighted by molar-refractivity contribution is -0.318. The fourth-order valence-corrected chi connectivity index (χ4v) is 2.91. The van der Waals surface area contributed by atoms with E-state index in [2.05, 4.69) is 5.10 Å². The molecule has 1 N–H and O–H groups in total. The average molecular weight is 306 g/mol. The molecule has 0 unspecified atom stereocenters. The fraction of sp³-hybridized carbons (Fsp3) is 0.857. The summed E-state index contributed by atoms with van der Waals surface area (Å²) in [6, 6.07) is 0. The van der Waals surface area contributed by atoms with Crippen molar-refractivity contribution in [1.29, 1.82) is 0 Å². The predicted molar refractivity (Wildman–Crippen MR) is 71.3 cm³/mol. The minimum Gasteiger partial charge on any atom is -0.362 e. The first-order valence-electron chi connectivity index (χ1n) is 7.20. The minimum atomic E-state index is -4.94. The van der Waals surface area contributed by atoms with Crippen LogP contribution in [-0.2, 0) is 4.79 Å². The Kier molecular flexibility index (Phi) is 3.85. The Morgan fingerprint density at radius 3 is 2.43 bits per heavy atom. The summed E-state index contributed by atoms with van der Waals surface area (Å²) in [5, 5.41) is 14.6. The number of fused-ring (bicyclic) bond motifs is 1. The van der Waals surface area contributed by atoms with E-state index in [1.54, 1.807) is 0 Å². The van der Waals surface area contributed by atoms with E-state index in [-0.39, 0.29) is 6.42 Å². The highest BCUT2D eigenvalue weighted by Gasteiger charge is 2.68. The summed E-state index contributed by atoms with van der Waals surface area (Å²) in [5.41, 5.74) is -3.96. The molecule has 1 heterocycles. The van der Waals surface area contributed by atoms with Crippen LogP contribution in [0, 0.1) is 11.3 Å². The molecule has 0 bridgehead atoms. The van der Waals surface area contributed by atoms with Crippen LogP contribution in [0.5, 0.6) is 0 Å². The van der Waals surface area contributed by atoms with Crippen LogP contribution in [0.2, 0.25) is 0 Å². The van der Waals surface area contributed by atoms with Gasteiger partial charge in [-0.05, 0) is 19.3 Å². The number of hydrazone groups is 1. The molecule has 120 valence electrons. The highest BCUT2D eigenvalue weighted by Crippen LogP contribution is 2.48. The number of amides is 1. The van der Waals surface area contributed by atoms with Crippen molar-refractivity contribution in [2.45, 2.75) is 64.8 Å². The molecule has 0 spiro atoms. The number of nitrogens with zero attached hydrogens (tertiary/aromatic N) is 2. The van der Waals surface area contributed by atoms with Gasteiger partial charge < -0.3 is 5.11 Å². The number of alkyl halides is 3. The van der Waals surface area contributed by atoms with E-state index in [1.165, 1.54) is 20.8 Å². The summed E-state index contributed by atoms with van der Waals surface area (Å²) >= 11 is 0. The highest BCUT2D eigenvalue weighted by molar-refractivity contribution is 5.94. The molecule has 2 atom stereocenters. The van der Waals surface area contributed by atoms with E-state index in [0.29, 0.717) is 23.6 Å². The Balaban J connectivity index is 2.49. The maximum absolute atomic E-state index is 13.5. The Hall–Kier alpha value is -1.11. The van der Waals surface area contributed by atoms with Gasteiger partial charge in [-0.25, -0.2) is 0 Å². The molecule has 2 rings (SSSR count). The van der Waals surface area contributed by atoms with Crippen molar-refractivity contribution in [3.8, 4) is 0 Å². The molecule has 0 radical (unpaired) electrons. The molecule has 7 heteroatoms. The molecule has 2 aliphatic rings. The third-order valence-electron chi connectivity index (χ3n) is 4.12. The summed E-state index contributed by atoms with van der Waals surface area (Å²) < 4.78 is 40.6. The molecular weight excluding hydrogens is 285 g/mol. The summed E-state index contributed by atoms with van der Waals surface area (Å²) in [7, 11) is 0. The quantitative estimate of drug-likeness (QED) is 0.748. The topological polar surface area (TPSA) is 52.9 Å². The van der Waals surface area contributed by atoms with Crippen molar-refractivity contribution in [1.82, 2.24) is 5.01 Å². The molecule has 1 amide bonds. The molecule has 4 nitrogen and oxygen atoms in total. The number of halogens is 3. The van der Waals surface area contributed by atoms with Crippen molar-refractivity contribution in [2.24, 2.45) is 16.4 Å². The Bertz CT molecular complexity index is 468. The maximum atomic E-state index is 13.5. The Morgan fingerprint density at radius 1 is 1.29 bits per heavy atom. The molecule has 21 heavy (non-hydrogen) atoms. The lowest BCUT2D eigenvalue weighted by atomic mass is 9.86. The van der Waals surface area contributed by atoms with Gasteiger partial charge in [0.2, 0.25) is 0 Å². The van der Waals surface area contributed by atoms with Gasteiger partial charge in [-0.3, -0.25) is 4.79 Å². The average Bonchev–Trinajstić information content (AvgIpc) is 2.50. The monoisotopic (exact) mass is 306 g/mol. The largest absolute Gasteiger partial charge is 0.439 e. The summed E-state index contributed by atoms with van der Waals surface area (Å²) in [4.78, 5) is 12.3. The van der Waals surface area contributed by atoms with Crippen molar-refractivity contribution in [3.63, 3.8) is 0 Å². The van der Waals surface area contributed by atoms with Gasteiger partial charge in [0, 0.05) is 11.1 Å². The van der Waals surface area contributed by atoms with Crippen LogP contribution in [-0.4, -0.2) is 33.6 Å². The van der Waals surface area contributed by atoms with E-state index in [9.17, 15) is 23.1 Å². The predicted octanol–water partition coefficient (Wildman–Crippen LogP) is 3.06. The van der Waals surface area contributed by atoms with Gasteiger partial charge in [0.15, 0.2) is 0 Å². The zero-order valence-electron chi connectivity index (χ0n) is 12.5. The first-order valence-corrected chi connectivity index (χ1v) is 7.20. The van der Waals surface area contributed by atoms with Gasteiger partial charge >= 0.3 is 6.18 Å². The molecule has 1 aliphatic carbocycles. The number of hydrogen-bond donors (Lipinski definition) is 1.